The van der Waals surface area contributed by atoms with E-state index in [1.807, 2.05) is 0 Å². The van der Waals surface area contributed by atoms with Gasteiger partial charge in [-0.2, -0.15) is 17.6 Å². The third-order valence-electron chi connectivity index (χ3n) is 1.15. The molecule has 0 N–H and O–H groups in total. The lowest BCUT2D eigenvalue weighted by Crippen LogP contribution is -2.60. The minimum atomic E-state index is -4.05. The first-order valence-electron chi connectivity index (χ1n) is 2.13. The fraction of sp³-hybridized carbons (Fsp3) is 0.750. The van der Waals surface area contributed by atoms with E-state index in [-0.39, 0.29) is 6.42 Å². The monoisotopic (exact) mass is 161 g/mol. The van der Waals surface area contributed by atoms with Gasteiger partial charge >= 0.3 is 11.8 Å². The minimum Gasteiger partial charge on any atom is -0.199 e. The number of hydrogen-bond donors (Lipinski definition) is 0. The van der Waals surface area contributed by atoms with Crippen LogP contribution in [0.2, 0.25) is 0 Å². The van der Waals surface area contributed by atoms with Gasteiger partial charge in [0.2, 0.25) is 0 Å². The van der Waals surface area contributed by atoms with E-state index < -0.39 is 17.2 Å². The van der Waals surface area contributed by atoms with Gasteiger partial charge in [-0.1, -0.05) is 0 Å². The summed E-state index contributed by atoms with van der Waals surface area (Å²) >= 11 is 4.74. The molecule has 1 aliphatic carbocycles. The van der Waals surface area contributed by atoms with Crippen molar-refractivity contribution in [1.29, 1.82) is 0 Å². The third-order valence-corrected chi connectivity index (χ3v) is 1.55. The molecule has 1 atom stereocenters. The third kappa shape index (κ3) is 0.723. The van der Waals surface area contributed by atoms with Crippen LogP contribution in [0.1, 0.15) is 0 Å². The van der Waals surface area contributed by atoms with Gasteiger partial charge in [-0.3, -0.25) is 0 Å². The maximum absolute atomic E-state index is 11.8. The smallest absolute Gasteiger partial charge is 0.199 e. The van der Waals surface area contributed by atoms with Crippen molar-refractivity contribution in [2.45, 2.75) is 17.2 Å². The molecule has 5 heteroatoms. The Labute approximate surface area is 53.8 Å². The molecule has 0 saturated heterocycles. The highest BCUT2D eigenvalue weighted by Gasteiger charge is 2.71. The van der Waals surface area contributed by atoms with Gasteiger partial charge in [0, 0.05) is 0 Å². The van der Waals surface area contributed by atoms with E-state index in [0.717, 1.165) is 0 Å². The molecule has 0 spiro atoms. The van der Waals surface area contributed by atoms with Crippen LogP contribution in [0.15, 0.2) is 0 Å². The van der Waals surface area contributed by atoms with Crippen molar-refractivity contribution in [3.8, 4) is 0 Å². The van der Waals surface area contributed by atoms with Crippen LogP contribution in [0.3, 0.4) is 0 Å². The van der Waals surface area contributed by atoms with Crippen molar-refractivity contribution in [2.75, 3.05) is 0 Å². The molecule has 0 amide bonds. The lowest BCUT2D eigenvalue weighted by atomic mass is 9.89. The second kappa shape index (κ2) is 1.54. The molecule has 1 unspecified atom stereocenters. The number of rotatable bonds is 0. The number of halogens is 5. The maximum Gasteiger partial charge on any atom is 0.327 e. The Morgan fingerprint density at radius 3 is 1.67 bits per heavy atom. The standard InChI is InChI=1S/C4H2ClF4/c5-2-1-3(6,7)4(2,8)9/h1-2H. The van der Waals surface area contributed by atoms with Gasteiger partial charge in [0.25, 0.3) is 0 Å². The van der Waals surface area contributed by atoms with Crippen LogP contribution in [0.25, 0.3) is 0 Å². The first-order chi connectivity index (χ1) is 3.88. The summed E-state index contributed by atoms with van der Waals surface area (Å²) in [6.07, 6.45) is 0.120. The summed E-state index contributed by atoms with van der Waals surface area (Å²) in [5.41, 5.74) is 0. The molecular weight excluding hydrogens is 159 g/mol. The fourth-order valence-corrected chi connectivity index (χ4v) is 0.791. The molecule has 1 aliphatic rings. The van der Waals surface area contributed by atoms with Gasteiger partial charge in [-0.25, -0.2) is 0 Å². The molecule has 0 heterocycles. The molecule has 0 bridgehead atoms. The molecule has 0 aliphatic heterocycles. The molecule has 1 rings (SSSR count). The van der Waals surface area contributed by atoms with Crippen LogP contribution in [0, 0.1) is 6.42 Å². The second-order valence-corrected chi connectivity index (χ2v) is 2.28. The van der Waals surface area contributed by atoms with E-state index >= 15 is 0 Å². The number of alkyl halides is 5. The van der Waals surface area contributed by atoms with Crippen LogP contribution >= 0.6 is 11.6 Å². The van der Waals surface area contributed by atoms with Crippen molar-refractivity contribution in [2.24, 2.45) is 0 Å². The van der Waals surface area contributed by atoms with Gasteiger partial charge in [0.05, 0.1) is 6.42 Å². The van der Waals surface area contributed by atoms with E-state index in [1.165, 1.54) is 0 Å². The summed E-state index contributed by atoms with van der Waals surface area (Å²) < 4.78 is 46.9. The van der Waals surface area contributed by atoms with Gasteiger partial charge in [-0.05, 0) is 0 Å². The Balaban J connectivity index is 2.70. The van der Waals surface area contributed by atoms with Gasteiger partial charge in [0.1, 0.15) is 5.38 Å². The minimum absolute atomic E-state index is 0.120. The lowest BCUT2D eigenvalue weighted by Gasteiger charge is -2.39. The molecule has 9 heavy (non-hydrogen) atoms. The van der Waals surface area contributed by atoms with E-state index in [2.05, 4.69) is 0 Å². The van der Waals surface area contributed by atoms with Crippen molar-refractivity contribution < 1.29 is 17.6 Å². The molecular formula is C4H2ClF4. The molecule has 53 valence electrons. The van der Waals surface area contributed by atoms with E-state index in [9.17, 15) is 17.6 Å². The van der Waals surface area contributed by atoms with E-state index in [0.29, 0.717) is 0 Å². The molecule has 1 saturated carbocycles. The molecule has 0 aromatic rings. The SMILES string of the molecule is FC1(F)[CH]C(Cl)C1(F)F. The normalized spacial score (nSPS) is 37.7. The predicted octanol–water partition coefficient (Wildman–Crippen LogP) is 2.08. The molecule has 0 aromatic heterocycles. The van der Waals surface area contributed by atoms with Gasteiger partial charge in [0.15, 0.2) is 0 Å². The Morgan fingerprint density at radius 2 is 1.67 bits per heavy atom. The highest BCUT2D eigenvalue weighted by molar-refractivity contribution is 6.23. The van der Waals surface area contributed by atoms with Crippen LogP contribution in [0.5, 0.6) is 0 Å². The second-order valence-electron chi connectivity index (χ2n) is 1.81. The molecule has 0 nitrogen and oxygen atoms in total. The zero-order valence-corrected chi connectivity index (χ0v) is 4.80. The first-order valence-corrected chi connectivity index (χ1v) is 2.57. The maximum atomic E-state index is 11.8. The predicted molar refractivity (Wildman–Crippen MR) is 23.8 cm³/mol. The summed E-state index contributed by atoms with van der Waals surface area (Å²) in [5.74, 6) is -8.05. The van der Waals surface area contributed by atoms with E-state index in [1.54, 1.807) is 0 Å². The Hall–Kier alpha value is 0.01000. The average Bonchev–Trinajstić information content (AvgIpc) is 1.65. The summed E-state index contributed by atoms with van der Waals surface area (Å²) in [6, 6.07) is 0. The van der Waals surface area contributed by atoms with E-state index in [4.69, 9.17) is 11.6 Å². The van der Waals surface area contributed by atoms with Gasteiger partial charge < -0.3 is 0 Å². The molecule has 0 aromatic carbocycles. The molecule has 1 radical (unpaired) electrons. The Bertz CT molecular complexity index is 133. The zero-order valence-electron chi connectivity index (χ0n) is 4.04. The topological polar surface area (TPSA) is 0 Å². The lowest BCUT2D eigenvalue weighted by molar-refractivity contribution is -0.233. The van der Waals surface area contributed by atoms with Crippen LogP contribution in [-0.4, -0.2) is 17.2 Å². The zero-order chi connectivity index (χ0) is 7.28. The Kier molecular flexibility index (Phi) is 1.22. The fourth-order valence-electron chi connectivity index (χ4n) is 0.487. The summed E-state index contributed by atoms with van der Waals surface area (Å²) in [6.45, 7) is 0. The first kappa shape index (κ1) is 7.12. The van der Waals surface area contributed by atoms with Crippen LogP contribution in [0.4, 0.5) is 17.6 Å². The van der Waals surface area contributed by atoms with Crippen LogP contribution in [-0.2, 0) is 0 Å². The largest absolute Gasteiger partial charge is 0.327 e. The van der Waals surface area contributed by atoms with Crippen molar-refractivity contribution in [1.82, 2.24) is 0 Å². The Morgan fingerprint density at radius 1 is 1.22 bits per heavy atom. The molecule has 1 fully saturated rings. The summed E-state index contributed by atoms with van der Waals surface area (Å²) in [7, 11) is 0. The number of hydrogen-bond acceptors (Lipinski definition) is 0. The summed E-state index contributed by atoms with van der Waals surface area (Å²) in [4.78, 5) is 0. The van der Waals surface area contributed by atoms with Crippen molar-refractivity contribution in [3.63, 3.8) is 0 Å². The summed E-state index contributed by atoms with van der Waals surface area (Å²) in [5, 5.41) is -1.81. The van der Waals surface area contributed by atoms with Crippen LogP contribution < -0.4 is 0 Å². The highest BCUT2D eigenvalue weighted by atomic mass is 35.5. The van der Waals surface area contributed by atoms with Crippen molar-refractivity contribution >= 4 is 11.6 Å². The average molecular weight is 162 g/mol. The quantitative estimate of drug-likeness (QED) is 0.377. The highest BCUT2D eigenvalue weighted by Crippen LogP contribution is 2.52. The van der Waals surface area contributed by atoms with Gasteiger partial charge in [-0.15, -0.1) is 11.6 Å². The van der Waals surface area contributed by atoms with Crippen molar-refractivity contribution in [3.05, 3.63) is 6.42 Å².